The summed E-state index contributed by atoms with van der Waals surface area (Å²) in [4.78, 5) is 2.45. The summed E-state index contributed by atoms with van der Waals surface area (Å²) in [6.45, 7) is 7.38. The second-order valence-corrected chi connectivity index (χ2v) is 5.69. The van der Waals surface area contributed by atoms with Crippen molar-refractivity contribution in [3.63, 3.8) is 0 Å². The molecular formula is C13H26N2O. The topological polar surface area (TPSA) is 35.5 Å². The maximum absolute atomic E-state index is 9.98. The van der Waals surface area contributed by atoms with Crippen LogP contribution in [0.3, 0.4) is 0 Å². The van der Waals surface area contributed by atoms with E-state index in [4.69, 9.17) is 0 Å². The molecule has 1 aliphatic heterocycles. The highest BCUT2D eigenvalue weighted by Gasteiger charge is 2.27. The van der Waals surface area contributed by atoms with Crippen LogP contribution in [0.5, 0.6) is 0 Å². The summed E-state index contributed by atoms with van der Waals surface area (Å²) < 4.78 is 0. The van der Waals surface area contributed by atoms with Gasteiger partial charge < -0.3 is 10.4 Å². The summed E-state index contributed by atoms with van der Waals surface area (Å²) in [5, 5.41) is 13.4. The van der Waals surface area contributed by atoms with Gasteiger partial charge in [-0.2, -0.15) is 0 Å². The zero-order valence-corrected chi connectivity index (χ0v) is 10.7. The Morgan fingerprint density at radius 3 is 2.75 bits per heavy atom. The lowest BCUT2D eigenvalue weighted by atomic mass is 9.92. The average molecular weight is 226 g/mol. The second-order valence-electron chi connectivity index (χ2n) is 5.69. The molecule has 0 amide bonds. The van der Waals surface area contributed by atoms with Gasteiger partial charge >= 0.3 is 0 Å². The first-order chi connectivity index (χ1) is 7.66. The Morgan fingerprint density at radius 1 is 1.31 bits per heavy atom. The van der Waals surface area contributed by atoms with E-state index in [-0.39, 0.29) is 6.10 Å². The number of nitrogens with zero attached hydrogens (tertiary/aromatic N) is 1. The summed E-state index contributed by atoms with van der Waals surface area (Å²) in [5.74, 6) is 0.775. The highest BCUT2D eigenvalue weighted by molar-refractivity contribution is 4.84. The molecule has 0 radical (unpaired) electrons. The molecule has 0 aromatic carbocycles. The van der Waals surface area contributed by atoms with Crippen molar-refractivity contribution >= 4 is 0 Å². The smallest absolute Gasteiger partial charge is 0.0791 e. The van der Waals surface area contributed by atoms with Gasteiger partial charge in [0, 0.05) is 25.2 Å². The van der Waals surface area contributed by atoms with E-state index >= 15 is 0 Å². The fraction of sp³-hybridized carbons (Fsp3) is 1.00. The van der Waals surface area contributed by atoms with Crippen LogP contribution in [0.25, 0.3) is 0 Å². The van der Waals surface area contributed by atoms with Crippen molar-refractivity contribution in [2.75, 3.05) is 19.6 Å². The molecule has 2 rings (SSSR count). The zero-order chi connectivity index (χ0) is 11.5. The molecule has 3 atom stereocenters. The van der Waals surface area contributed by atoms with Gasteiger partial charge in [-0.3, -0.25) is 4.90 Å². The first-order valence-corrected chi connectivity index (χ1v) is 6.82. The minimum atomic E-state index is -0.201. The molecule has 1 aliphatic carbocycles. The molecule has 94 valence electrons. The monoisotopic (exact) mass is 226 g/mol. The third-order valence-corrected chi connectivity index (χ3v) is 4.17. The van der Waals surface area contributed by atoms with Crippen molar-refractivity contribution in [2.45, 2.75) is 57.7 Å². The first-order valence-electron chi connectivity index (χ1n) is 6.82. The number of likely N-dealkylation sites (tertiary alicyclic amines) is 1. The van der Waals surface area contributed by atoms with Crippen LogP contribution in [-0.4, -0.2) is 47.8 Å². The molecule has 3 unspecified atom stereocenters. The fourth-order valence-electron chi connectivity index (χ4n) is 2.60. The molecule has 16 heavy (non-hydrogen) atoms. The molecule has 2 N–H and O–H groups in total. The van der Waals surface area contributed by atoms with Crippen molar-refractivity contribution in [2.24, 2.45) is 5.92 Å². The summed E-state index contributed by atoms with van der Waals surface area (Å²) in [7, 11) is 0. The van der Waals surface area contributed by atoms with Gasteiger partial charge in [0.25, 0.3) is 0 Å². The molecule has 2 fully saturated rings. The summed E-state index contributed by atoms with van der Waals surface area (Å²) in [6, 6.07) is 1.33. The number of piperidine rings is 1. The molecule has 0 aromatic heterocycles. The van der Waals surface area contributed by atoms with Crippen molar-refractivity contribution in [3.8, 4) is 0 Å². The van der Waals surface area contributed by atoms with Crippen LogP contribution >= 0.6 is 0 Å². The zero-order valence-electron chi connectivity index (χ0n) is 10.7. The van der Waals surface area contributed by atoms with Crippen molar-refractivity contribution in [1.29, 1.82) is 0 Å². The molecule has 0 spiro atoms. The minimum Gasteiger partial charge on any atom is -0.390 e. The maximum Gasteiger partial charge on any atom is 0.0791 e. The third kappa shape index (κ3) is 3.44. The standard InChI is InChI=1S/C13H26N2O/c1-10-4-3-7-15(11(10)2)9-13(16)8-14-12-5-6-12/h10-14,16H,3-9H2,1-2H3. The molecule has 1 saturated carbocycles. The van der Waals surface area contributed by atoms with Gasteiger partial charge in [-0.15, -0.1) is 0 Å². The number of hydrogen-bond acceptors (Lipinski definition) is 3. The Bertz CT molecular complexity index is 218. The number of aliphatic hydroxyl groups is 1. The van der Waals surface area contributed by atoms with Gasteiger partial charge in [-0.25, -0.2) is 0 Å². The lowest BCUT2D eigenvalue weighted by Gasteiger charge is -2.38. The molecule has 0 aromatic rings. The van der Waals surface area contributed by atoms with E-state index in [0.29, 0.717) is 12.1 Å². The van der Waals surface area contributed by atoms with Crippen LogP contribution in [0.4, 0.5) is 0 Å². The van der Waals surface area contributed by atoms with E-state index in [9.17, 15) is 5.11 Å². The Morgan fingerprint density at radius 2 is 2.06 bits per heavy atom. The van der Waals surface area contributed by atoms with Crippen LogP contribution in [0.15, 0.2) is 0 Å². The lowest BCUT2D eigenvalue weighted by Crippen LogP contribution is -2.47. The third-order valence-electron chi connectivity index (χ3n) is 4.17. The van der Waals surface area contributed by atoms with Gasteiger partial charge in [0.2, 0.25) is 0 Å². The minimum absolute atomic E-state index is 0.201. The summed E-state index contributed by atoms with van der Waals surface area (Å²) >= 11 is 0. The van der Waals surface area contributed by atoms with E-state index in [1.54, 1.807) is 0 Å². The number of nitrogens with one attached hydrogen (secondary N) is 1. The summed E-state index contributed by atoms with van der Waals surface area (Å²) in [6.07, 6.45) is 5.02. The highest BCUT2D eigenvalue weighted by Crippen LogP contribution is 2.23. The quantitative estimate of drug-likeness (QED) is 0.740. The molecule has 1 heterocycles. The van der Waals surface area contributed by atoms with Gasteiger partial charge in [0.15, 0.2) is 0 Å². The predicted molar refractivity (Wildman–Crippen MR) is 66.5 cm³/mol. The van der Waals surface area contributed by atoms with Crippen LogP contribution in [0.1, 0.15) is 39.5 Å². The number of rotatable bonds is 5. The molecule has 0 bridgehead atoms. The SMILES string of the molecule is CC1CCCN(CC(O)CNC2CC2)C1C. The highest BCUT2D eigenvalue weighted by atomic mass is 16.3. The number of hydrogen-bond donors (Lipinski definition) is 2. The Hall–Kier alpha value is -0.120. The van der Waals surface area contributed by atoms with E-state index in [1.807, 2.05) is 0 Å². The van der Waals surface area contributed by atoms with E-state index in [1.165, 1.54) is 25.7 Å². The Labute approximate surface area is 99.2 Å². The Balaban J connectivity index is 1.69. The number of aliphatic hydroxyl groups excluding tert-OH is 1. The Kier molecular flexibility index (Phi) is 4.22. The summed E-state index contributed by atoms with van der Waals surface area (Å²) in [5.41, 5.74) is 0. The maximum atomic E-state index is 9.98. The van der Waals surface area contributed by atoms with Crippen molar-refractivity contribution in [3.05, 3.63) is 0 Å². The van der Waals surface area contributed by atoms with E-state index < -0.39 is 0 Å². The van der Waals surface area contributed by atoms with E-state index in [2.05, 4.69) is 24.1 Å². The van der Waals surface area contributed by atoms with Crippen LogP contribution in [0.2, 0.25) is 0 Å². The average Bonchev–Trinajstić information content (AvgIpc) is 3.06. The van der Waals surface area contributed by atoms with Crippen molar-refractivity contribution in [1.82, 2.24) is 10.2 Å². The predicted octanol–water partition coefficient (Wildman–Crippen LogP) is 1.22. The fourth-order valence-corrected chi connectivity index (χ4v) is 2.60. The first kappa shape index (κ1) is 12.3. The van der Waals surface area contributed by atoms with Crippen LogP contribution < -0.4 is 5.32 Å². The van der Waals surface area contributed by atoms with E-state index in [0.717, 1.165) is 25.6 Å². The lowest BCUT2D eigenvalue weighted by molar-refractivity contribution is 0.0516. The van der Waals surface area contributed by atoms with Crippen LogP contribution in [0, 0.1) is 5.92 Å². The second kappa shape index (κ2) is 5.48. The van der Waals surface area contributed by atoms with Crippen LogP contribution in [-0.2, 0) is 0 Å². The largest absolute Gasteiger partial charge is 0.390 e. The van der Waals surface area contributed by atoms with Gasteiger partial charge in [0.1, 0.15) is 0 Å². The number of β-amino-alcohol motifs (C(OH)–C–C–N with tert-alkyl or cyclic N) is 1. The van der Waals surface area contributed by atoms with Crippen molar-refractivity contribution < 1.29 is 5.11 Å². The molecule has 2 aliphatic rings. The molecule has 3 nitrogen and oxygen atoms in total. The van der Waals surface area contributed by atoms with Gasteiger partial charge in [-0.05, 0) is 45.1 Å². The molecule has 1 saturated heterocycles. The normalized spacial score (nSPS) is 33.9. The molecular weight excluding hydrogens is 200 g/mol. The van der Waals surface area contributed by atoms with Gasteiger partial charge in [-0.1, -0.05) is 6.92 Å². The molecule has 3 heteroatoms. The van der Waals surface area contributed by atoms with Gasteiger partial charge in [0.05, 0.1) is 6.10 Å².